The molecular weight excluding hydrogens is 1000 g/mol. The largest absolute Gasteiger partial charge is 0.459 e. The molecule has 7 aromatic carbocycles. The van der Waals surface area contributed by atoms with Crippen LogP contribution in [0.4, 0.5) is 0 Å². The van der Waals surface area contributed by atoms with E-state index in [-0.39, 0.29) is 46.4 Å². The lowest BCUT2D eigenvalue weighted by atomic mass is 10.0. The Hall–Kier alpha value is -9.29. The summed E-state index contributed by atoms with van der Waals surface area (Å²) >= 11 is 0. The fourth-order valence-electron chi connectivity index (χ4n) is 8.40. The highest BCUT2D eigenvalue weighted by atomic mass is 16.8. The lowest BCUT2D eigenvalue weighted by Crippen LogP contribution is -2.56. The van der Waals surface area contributed by atoms with Gasteiger partial charge in [0.15, 0.2) is 24.4 Å². The van der Waals surface area contributed by atoms with Crippen molar-refractivity contribution in [3.8, 4) is 0 Å². The Morgan fingerprint density at radius 2 is 0.641 bits per heavy atom. The lowest BCUT2D eigenvalue weighted by Gasteiger charge is -2.36. The summed E-state index contributed by atoms with van der Waals surface area (Å²) in [4.78, 5) is 98.2. The predicted octanol–water partition coefficient (Wildman–Crippen LogP) is 8.93. The van der Waals surface area contributed by atoms with E-state index in [1.54, 1.807) is 127 Å². The van der Waals surface area contributed by atoms with Crippen LogP contribution in [0, 0.1) is 0 Å². The second-order valence-corrected chi connectivity index (χ2v) is 17.4. The zero-order valence-corrected chi connectivity index (χ0v) is 40.8. The summed E-state index contributed by atoms with van der Waals surface area (Å²) in [5.41, 5.74) is 0.570. The number of esters is 7. The molecule has 7 aromatic rings. The van der Waals surface area contributed by atoms with Crippen LogP contribution in [0.3, 0.4) is 0 Å². The van der Waals surface area contributed by atoms with Crippen molar-refractivity contribution in [2.45, 2.75) is 56.1 Å². The van der Waals surface area contributed by atoms with Crippen LogP contribution in [0.2, 0.25) is 0 Å². The van der Waals surface area contributed by atoms with Gasteiger partial charge in [-0.05, 0) is 84.9 Å². The van der Waals surface area contributed by atoms with Gasteiger partial charge in [0.05, 0.1) is 38.9 Å². The Kier molecular flexibility index (Phi) is 18.3. The molecule has 0 aromatic heterocycles. The van der Waals surface area contributed by atoms with Gasteiger partial charge in [0.25, 0.3) is 0 Å². The Bertz CT molecular complexity index is 3130. The molecule has 2 saturated heterocycles. The van der Waals surface area contributed by atoms with Gasteiger partial charge in [0.1, 0.15) is 32.0 Å². The Balaban J connectivity index is 0.00000803. The first-order chi connectivity index (χ1) is 37.5. The summed E-state index contributed by atoms with van der Waals surface area (Å²) < 4.78 is 62.5. The molecule has 17 nitrogen and oxygen atoms in total. The maximum absolute atomic E-state index is 14.5. The van der Waals surface area contributed by atoms with E-state index < -0.39 is 110 Å². The highest BCUT2D eigenvalue weighted by molar-refractivity contribution is 5.93. The first kappa shape index (κ1) is 55.0. The predicted molar refractivity (Wildman–Crippen MR) is 277 cm³/mol. The van der Waals surface area contributed by atoms with Crippen LogP contribution in [-0.4, -0.2) is 110 Å². The summed E-state index contributed by atoms with van der Waals surface area (Å²) in [6.07, 6.45) is -12.3. The van der Waals surface area contributed by atoms with Gasteiger partial charge in [-0.3, -0.25) is 0 Å². The minimum absolute atomic E-state index is 0. The van der Waals surface area contributed by atoms with Crippen LogP contribution in [0.25, 0.3) is 0 Å². The first-order valence-electron chi connectivity index (χ1n) is 24.3. The molecule has 398 valence electrons. The third kappa shape index (κ3) is 13.4. The SMILES string of the molecule is C.O=C(OC[C@H]1O[C@H](O[C@]2(COC(=O)c3ccccc3)O[C@H](COC(=O)c3ccccc3)[C@H](OC(=O)c3ccccc3)C2OC(=O)c2ccccc2)[C@@H](OC(=O)c2ccccc2)C1OC(=O)c1ccccc1)c1ccccc1. The number of carbonyl (C=O) groups excluding carboxylic acids is 7. The molecule has 0 aliphatic carbocycles. The Labute approximate surface area is 448 Å². The average molecular weight is 1060 g/mol. The molecular formula is C61H52O17. The van der Waals surface area contributed by atoms with Crippen molar-refractivity contribution in [2.24, 2.45) is 0 Å². The standard InChI is InChI=1S/C60H48O17.CH4/c61-52(39-22-8-1-9-23-39)68-36-46-48(72-55(64)42-28-14-4-15-29-42)50(74-57(66)44-32-18-6-19-33-44)59(71-46)77-60(38-70-54(63)41-26-12-3-13-27-41)51(75-58(67)45-34-20-7-21-35-45)49(73-56(65)43-30-16-5-17-31-43)47(76-60)37-69-53(62)40-24-10-2-11-25-40;/h1-35,46-51,59H,36-38H2;1H4/t46-,47-,48?,49+,50+,51?,59-,60+;/m1./s1. The van der Waals surface area contributed by atoms with Crippen LogP contribution in [0.15, 0.2) is 212 Å². The minimum atomic E-state index is -2.69. The molecule has 2 aliphatic rings. The highest BCUT2D eigenvalue weighted by Crippen LogP contribution is 2.42. The second kappa shape index (κ2) is 26.0. The average Bonchev–Trinajstić information content (AvgIpc) is 4.04. The molecule has 78 heavy (non-hydrogen) atoms. The molecule has 8 atom stereocenters. The van der Waals surface area contributed by atoms with Crippen molar-refractivity contribution >= 4 is 41.8 Å². The topological polar surface area (TPSA) is 212 Å². The molecule has 17 heteroatoms. The van der Waals surface area contributed by atoms with Gasteiger partial charge >= 0.3 is 41.8 Å². The van der Waals surface area contributed by atoms with Gasteiger partial charge in [0.2, 0.25) is 12.1 Å². The van der Waals surface area contributed by atoms with Gasteiger partial charge in [-0.25, -0.2) is 33.6 Å². The highest BCUT2D eigenvalue weighted by Gasteiger charge is 2.65. The smallest absolute Gasteiger partial charge is 0.338 e. The monoisotopic (exact) mass is 1060 g/mol. The summed E-state index contributed by atoms with van der Waals surface area (Å²) in [7, 11) is 0. The Morgan fingerprint density at radius 1 is 0.346 bits per heavy atom. The summed E-state index contributed by atoms with van der Waals surface area (Å²) in [5.74, 6) is -9.06. The van der Waals surface area contributed by atoms with Crippen molar-refractivity contribution in [3.63, 3.8) is 0 Å². The second-order valence-electron chi connectivity index (χ2n) is 17.4. The molecule has 0 saturated carbocycles. The van der Waals surface area contributed by atoms with E-state index >= 15 is 0 Å². The van der Waals surface area contributed by atoms with E-state index in [0.29, 0.717) is 0 Å². The molecule has 0 amide bonds. The van der Waals surface area contributed by atoms with Crippen molar-refractivity contribution in [3.05, 3.63) is 251 Å². The number of hydrogen-bond acceptors (Lipinski definition) is 17. The van der Waals surface area contributed by atoms with Gasteiger partial charge < -0.3 is 47.4 Å². The molecule has 2 fully saturated rings. The van der Waals surface area contributed by atoms with Crippen LogP contribution < -0.4 is 0 Å². The van der Waals surface area contributed by atoms with E-state index in [2.05, 4.69) is 0 Å². The number of hydrogen-bond donors (Lipinski definition) is 0. The Morgan fingerprint density at radius 3 is 1.01 bits per heavy atom. The van der Waals surface area contributed by atoms with Crippen molar-refractivity contribution < 1.29 is 80.9 Å². The van der Waals surface area contributed by atoms with E-state index in [0.717, 1.165) is 0 Å². The molecule has 2 heterocycles. The molecule has 2 unspecified atom stereocenters. The normalized spacial score (nSPS) is 21.1. The van der Waals surface area contributed by atoms with Crippen LogP contribution >= 0.6 is 0 Å². The van der Waals surface area contributed by atoms with Crippen molar-refractivity contribution in [1.29, 1.82) is 0 Å². The fraction of sp³-hybridized carbons (Fsp3) is 0.197. The number of carbonyl (C=O) groups is 7. The summed E-state index contributed by atoms with van der Waals surface area (Å²) in [6, 6.07) is 54.9. The van der Waals surface area contributed by atoms with E-state index in [1.807, 2.05) is 0 Å². The zero-order valence-electron chi connectivity index (χ0n) is 40.8. The van der Waals surface area contributed by atoms with Gasteiger partial charge in [-0.2, -0.15) is 0 Å². The molecule has 9 rings (SSSR count). The van der Waals surface area contributed by atoms with Gasteiger partial charge in [-0.1, -0.05) is 135 Å². The first-order valence-corrected chi connectivity index (χ1v) is 24.3. The van der Waals surface area contributed by atoms with Crippen LogP contribution in [-0.2, 0) is 47.4 Å². The van der Waals surface area contributed by atoms with E-state index in [4.69, 9.17) is 47.4 Å². The molecule has 0 bridgehead atoms. The lowest BCUT2D eigenvalue weighted by molar-refractivity contribution is -0.339. The number of benzene rings is 7. The van der Waals surface area contributed by atoms with E-state index in [9.17, 15) is 33.6 Å². The van der Waals surface area contributed by atoms with Crippen molar-refractivity contribution in [1.82, 2.24) is 0 Å². The summed E-state index contributed by atoms with van der Waals surface area (Å²) in [5, 5.41) is 0. The minimum Gasteiger partial charge on any atom is -0.459 e. The van der Waals surface area contributed by atoms with Gasteiger partial charge in [0, 0.05) is 0 Å². The maximum Gasteiger partial charge on any atom is 0.338 e. The number of rotatable bonds is 19. The third-order valence-electron chi connectivity index (χ3n) is 12.2. The fourth-order valence-corrected chi connectivity index (χ4v) is 8.40. The third-order valence-corrected chi connectivity index (χ3v) is 12.2. The molecule has 0 radical (unpaired) electrons. The molecule has 2 aliphatic heterocycles. The molecule has 0 spiro atoms. The molecule has 0 N–H and O–H groups in total. The summed E-state index contributed by atoms with van der Waals surface area (Å²) in [6.45, 7) is -2.35. The maximum atomic E-state index is 14.5. The zero-order chi connectivity index (χ0) is 53.6. The van der Waals surface area contributed by atoms with Crippen LogP contribution in [0.1, 0.15) is 79.9 Å². The van der Waals surface area contributed by atoms with E-state index in [1.165, 1.54) is 84.9 Å². The van der Waals surface area contributed by atoms with Crippen molar-refractivity contribution in [2.75, 3.05) is 19.8 Å². The van der Waals surface area contributed by atoms with Gasteiger partial charge in [-0.15, -0.1) is 0 Å². The van der Waals surface area contributed by atoms with Crippen LogP contribution in [0.5, 0.6) is 0 Å². The quantitative estimate of drug-likeness (QED) is 0.0546. The number of ether oxygens (including phenoxy) is 10.